The molecule has 4 rings (SSSR count). The molecule has 4 aromatic carbocycles. The molecule has 0 saturated heterocycles. The van der Waals surface area contributed by atoms with Crippen LogP contribution in [0.25, 0.3) is 6.08 Å². The molecule has 3 N–H and O–H groups in total. The molecule has 0 aliphatic carbocycles. The lowest BCUT2D eigenvalue weighted by Gasteiger charge is -2.12. The lowest BCUT2D eigenvalue weighted by atomic mass is 10.0. The molecule has 0 aliphatic rings. The molecule has 0 bridgehead atoms. The summed E-state index contributed by atoms with van der Waals surface area (Å²) in [7, 11) is 0. The first-order valence-electron chi connectivity index (χ1n) is 13.4. The minimum atomic E-state index is -0.444. The second kappa shape index (κ2) is 14.1. The van der Waals surface area contributed by atoms with E-state index in [-0.39, 0.29) is 23.3 Å². The Morgan fingerprint density at radius 1 is 0.756 bits per heavy atom. The lowest BCUT2D eigenvalue weighted by Crippen LogP contribution is -2.30. The molecule has 7 heteroatoms. The first-order chi connectivity index (χ1) is 19.8. The SMILES string of the molecule is Cc1ccc(NC(=O)CSc2ccc(NC(=O)/C(=C/c3ccc(C(C)C)cc3)NC(=O)c3ccccc3)cc2)cc1. The van der Waals surface area contributed by atoms with Gasteiger partial charge in [0.05, 0.1) is 5.75 Å². The van der Waals surface area contributed by atoms with Crippen molar-refractivity contribution in [1.29, 1.82) is 0 Å². The van der Waals surface area contributed by atoms with E-state index in [1.54, 1.807) is 42.5 Å². The van der Waals surface area contributed by atoms with Crippen molar-refractivity contribution >= 4 is 46.9 Å². The van der Waals surface area contributed by atoms with Crippen molar-refractivity contribution in [3.63, 3.8) is 0 Å². The summed E-state index contributed by atoms with van der Waals surface area (Å²) in [6.45, 7) is 6.23. The maximum absolute atomic E-state index is 13.3. The molecule has 0 atom stereocenters. The van der Waals surface area contributed by atoms with E-state index in [4.69, 9.17) is 0 Å². The van der Waals surface area contributed by atoms with Crippen LogP contribution in [0.1, 0.15) is 46.8 Å². The number of benzene rings is 4. The number of hydrogen-bond acceptors (Lipinski definition) is 4. The van der Waals surface area contributed by atoms with E-state index >= 15 is 0 Å². The highest BCUT2D eigenvalue weighted by atomic mass is 32.2. The molecule has 0 unspecified atom stereocenters. The molecule has 0 heterocycles. The Balaban J connectivity index is 1.41. The number of aryl methyl sites for hydroxylation is 1. The quantitative estimate of drug-likeness (QED) is 0.140. The fraction of sp³-hybridized carbons (Fsp3) is 0.147. The van der Waals surface area contributed by atoms with Crippen LogP contribution in [0.5, 0.6) is 0 Å². The van der Waals surface area contributed by atoms with Crippen molar-refractivity contribution < 1.29 is 14.4 Å². The Hall–Kier alpha value is -4.62. The standard InChI is InChI=1S/C34H33N3O3S/c1-23(2)26-13-11-25(12-14-26)21-31(37-33(39)27-7-5-4-6-8-27)34(40)36-29-17-19-30(20-18-29)41-22-32(38)35-28-15-9-24(3)10-16-28/h4-21,23H,22H2,1-3H3,(H,35,38)(H,36,40)(H,37,39)/b31-21-. The van der Waals surface area contributed by atoms with Gasteiger partial charge in [-0.2, -0.15) is 0 Å². The zero-order valence-corrected chi connectivity index (χ0v) is 24.1. The summed E-state index contributed by atoms with van der Waals surface area (Å²) in [6.07, 6.45) is 1.66. The first kappa shape index (κ1) is 29.4. The largest absolute Gasteiger partial charge is 0.325 e. The average Bonchev–Trinajstić information content (AvgIpc) is 2.98. The van der Waals surface area contributed by atoms with Crippen molar-refractivity contribution in [3.8, 4) is 0 Å². The van der Waals surface area contributed by atoms with Crippen LogP contribution in [0.3, 0.4) is 0 Å². The molecule has 0 aromatic heterocycles. The molecule has 0 fully saturated rings. The van der Waals surface area contributed by atoms with Gasteiger partial charge in [0, 0.05) is 21.8 Å². The number of rotatable bonds is 10. The molecule has 0 radical (unpaired) electrons. The van der Waals surface area contributed by atoms with Crippen LogP contribution in [0.2, 0.25) is 0 Å². The number of thioether (sulfide) groups is 1. The maximum atomic E-state index is 13.3. The molecule has 3 amide bonds. The van der Waals surface area contributed by atoms with Gasteiger partial charge in [-0.05, 0) is 78.6 Å². The van der Waals surface area contributed by atoms with Gasteiger partial charge in [-0.15, -0.1) is 11.8 Å². The predicted molar refractivity (Wildman–Crippen MR) is 168 cm³/mol. The van der Waals surface area contributed by atoms with Gasteiger partial charge < -0.3 is 16.0 Å². The molecule has 6 nitrogen and oxygen atoms in total. The predicted octanol–water partition coefficient (Wildman–Crippen LogP) is 7.26. The van der Waals surface area contributed by atoms with Gasteiger partial charge in [-0.1, -0.05) is 74.0 Å². The van der Waals surface area contributed by atoms with Crippen molar-refractivity contribution in [2.45, 2.75) is 31.6 Å². The van der Waals surface area contributed by atoms with Crippen LogP contribution >= 0.6 is 11.8 Å². The van der Waals surface area contributed by atoms with Crippen LogP contribution in [-0.4, -0.2) is 23.5 Å². The van der Waals surface area contributed by atoms with Crippen LogP contribution in [0.15, 0.2) is 114 Å². The monoisotopic (exact) mass is 563 g/mol. The minimum absolute atomic E-state index is 0.0957. The lowest BCUT2D eigenvalue weighted by molar-refractivity contribution is -0.114. The summed E-state index contributed by atoms with van der Waals surface area (Å²) >= 11 is 1.40. The Morgan fingerprint density at radius 3 is 2.00 bits per heavy atom. The van der Waals surface area contributed by atoms with Gasteiger partial charge in [0.1, 0.15) is 5.70 Å². The Labute approximate surface area is 245 Å². The number of hydrogen-bond donors (Lipinski definition) is 3. The Kier molecular flexibility index (Phi) is 10.1. The number of nitrogens with one attached hydrogen (secondary N) is 3. The zero-order valence-electron chi connectivity index (χ0n) is 23.3. The molecule has 0 spiro atoms. The van der Waals surface area contributed by atoms with Gasteiger partial charge in [0.25, 0.3) is 11.8 Å². The van der Waals surface area contributed by atoms with Gasteiger partial charge in [0.15, 0.2) is 0 Å². The second-order valence-electron chi connectivity index (χ2n) is 9.88. The highest BCUT2D eigenvalue weighted by Crippen LogP contribution is 2.22. The van der Waals surface area contributed by atoms with E-state index in [0.717, 1.165) is 21.7 Å². The summed E-state index contributed by atoms with van der Waals surface area (Å²) in [4.78, 5) is 39.4. The molecular weight excluding hydrogens is 530 g/mol. The van der Waals surface area contributed by atoms with Crippen LogP contribution in [0.4, 0.5) is 11.4 Å². The molecule has 208 valence electrons. The van der Waals surface area contributed by atoms with Crippen molar-refractivity contribution in [2.24, 2.45) is 0 Å². The van der Waals surface area contributed by atoms with Crippen LogP contribution in [-0.2, 0) is 9.59 Å². The summed E-state index contributed by atoms with van der Waals surface area (Å²) in [5.41, 5.74) is 5.02. The van der Waals surface area contributed by atoms with Crippen molar-refractivity contribution in [3.05, 3.63) is 131 Å². The smallest absolute Gasteiger partial charge is 0.272 e. The summed E-state index contributed by atoms with van der Waals surface area (Å²) < 4.78 is 0. The highest BCUT2D eigenvalue weighted by molar-refractivity contribution is 8.00. The third-order valence-electron chi connectivity index (χ3n) is 6.26. The third-order valence-corrected chi connectivity index (χ3v) is 7.27. The first-order valence-corrected chi connectivity index (χ1v) is 14.3. The number of carbonyl (C=O) groups excluding carboxylic acids is 3. The van der Waals surface area contributed by atoms with E-state index in [2.05, 4.69) is 29.8 Å². The zero-order chi connectivity index (χ0) is 29.2. The van der Waals surface area contributed by atoms with Gasteiger partial charge in [-0.3, -0.25) is 14.4 Å². The molecule has 0 saturated carbocycles. The van der Waals surface area contributed by atoms with Crippen molar-refractivity contribution in [2.75, 3.05) is 16.4 Å². The summed E-state index contributed by atoms with van der Waals surface area (Å²) in [5.74, 6) is -0.270. The Morgan fingerprint density at radius 2 is 1.37 bits per heavy atom. The van der Waals surface area contributed by atoms with Crippen molar-refractivity contribution in [1.82, 2.24) is 5.32 Å². The van der Waals surface area contributed by atoms with Crippen LogP contribution in [0, 0.1) is 6.92 Å². The van der Waals surface area contributed by atoms with E-state index in [9.17, 15) is 14.4 Å². The molecule has 0 aliphatic heterocycles. The molecule has 41 heavy (non-hydrogen) atoms. The number of carbonyl (C=O) groups is 3. The van der Waals surface area contributed by atoms with Gasteiger partial charge >= 0.3 is 0 Å². The third kappa shape index (κ3) is 8.95. The van der Waals surface area contributed by atoms with Gasteiger partial charge in [0.2, 0.25) is 5.91 Å². The van der Waals surface area contributed by atoms with Gasteiger partial charge in [-0.25, -0.2) is 0 Å². The number of amides is 3. The summed E-state index contributed by atoms with van der Waals surface area (Å²) in [5, 5.41) is 8.52. The minimum Gasteiger partial charge on any atom is -0.325 e. The fourth-order valence-corrected chi connectivity index (χ4v) is 4.60. The summed E-state index contributed by atoms with van der Waals surface area (Å²) in [6, 6.07) is 31.5. The van der Waals surface area contributed by atoms with Crippen LogP contribution < -0.4 is 16.0 Å². The second-order valence-corrected chi connectivity index (χ2v) is 10.9. The van der Waals surface area contributed by atoms with E-state index < -0.39 is 5.91 Å². The van der Waals surface area contributed by atoms with E-state index in [1.165, 1.54) is 17.3 Å². The Bertz CT molecular complexity index is 1510. The fourth-order valence-electron chi connectivity index (χ4n) is 3.90. The molecular formula is C34H33N3O3S. The van der Waals surface area contributed by atoms with E-state index in [1.807, 2.05) is 73.7 Å². The highest BCUT2D eigenvalue weighted by Gasteiger charge is 2.15. The molecule has 4 aromatic rings. The average molecular weight is 564 g/mol. The van der Waals surface area contributed by atoms with E-state index in [0.29, 0.717) is 17.2 Å². The number of anilines is 2. The topological polar surface area (TPSA) is 87.3 Å². The normalized spacial score (nSPS) is 11.2. The maximum Gasteiger partial charge on any atom is 0.272 e.